The Hall–Kier alpha value is -3.53. The molecule has 5 rings (SSSR count). The summed E-state index contributed by atoms with van der Waals surface area (Å²) >= 11 is 1.18. The van der Waals surface area contributed by atoms with Gasteiger partial charge in [-0.3, -0.25) is 4.79 Å². The van der Waals surface area contributed by atoms with Crippen LogP contribution in [0.25, 0.3) is 10.1 Å². The number of alkyl halides is 4. The molecule has 0 saturated carbocycles. The molecule has 2 saturated heterocycles. The zero-order valence-corrected chi connectivity index (χ0v) is 24.8. The number of ether oxygens (including phenoxy) is 2. The van der Waals surface area contributed by atoms with Crippen molar-refractivity contribution >= 4 is 38.7 Å². The molecule has 1 amide bonds. The third-order valence-electron chi connectivity index (χ3n) is 7.60. The van der Waals surface area contributed by atoms with Crippen molar-refractivity contribution in [1.29, 1.82) is 0 Å². The number of morpholine rings is 1. The van der Waals surface area contributed by atoms with Gasteiger partial charge in [0.15, 0.2) is 0 Å². The predicted octanol–water partition coefficient (Wildman–Crippen LogP) is 5.40. The molecule has 2 N–H and O–H groups in total. The zero-order valence-electron chi connectivity index (χ0n) is 24.0. The lowest BCUT2D eigenvalue weighted by molar-refractivity contribution is -0.126. The molecular formula is C31H34F4N4O3S. The number of methoxy groups -OCH3 is 1. The van der Waals surface area contributed by atoms with E-state index in [1.54, 1.807) is 41.3 Å². The van der Waals surface area contributed by atoms with E-state index in [-0.39, 0.29) is 18.0 Å². The Balaban J connectivity index is 1.35. The number of benzene rings is 2. The van der Waals surface area contributed by atoms with Crippen LogP contribution < -0.4 is 15.4 Å². The maximum Gasteiger partial charge on any atom is 0.393 e. The van der Waals surface area contributed by atoms with E-state index in [4.69, 9.17) is 9.47 Å². The van der Waals surface area contributed by atoms with Gasteiger partial charge in [-0.2, -0.15) is 13.2 Å². The van der Waals surface area contributed by atoms with E-state index in [1.165, 1.54) is 18.4 Å². The summed E-state index contributed by atoms with van der Waals surface area (Å²) in [5.41, 5.74) is 1.83. The minimum atomic E-state index is -4.42. The van der Waals surface area contributed by atoms with Crippen LogP contribution in [-0.2, 0) is 11.2 Å². The van der Waals surface area contributed by atoms with E-state index in [2.05, 4.69) is 22.5 Å². The first-order valence-electron chi connectivity index (χ1n) is 14.1. The van der Waals surface area contributed by atoms with Crippen molar-refractivity contribution < 1.29 is 31.8 Å². The molecule has 3 heterocycles. The number of amides is 1. The molecule has 1 aromatic heterocycles. The number of likely N-dealkylation sites (tertiary alicyclic amines) is 1. The number of hydrogen-bond acceptors (Lipinski definition) is 7. The molecule has 43 heavy (non-hydrogen) atoms. The molecule has 3 aromatic rings. The lowest BCUT2D eigenvalue weighted by atomic mass is 10.0. The molecule has 0 bridgehead atoms. The number of carbonyl (C=O) groups is 1. The van der Waals surface area contributed by atoms with Gasteiger partial charge in [0.2, 0.25) is 0 Å². The zero-order chi connectivity index (χ0) is 30.6. The Morgan fingerprint density at radius 1 is 1.16 bits per heavy atom. The Morgan fingerprint density at radius 2 is 1.95 bits per heavy atom. The van der Waals surface area contributed by atoms with E-state index in [0.717, 1.165) is 6.54 Å². The molecule has 12 heteroatoms. The SMILES string of the molecule is COc1cc(C(=O)N2CCOCC2)ccc1NCC#Cc1sc2c(N[C@@H]3CCN(C)C[C@@H]3F)cccc2c1CC(F)(F)F. The molecule has 230 valence electrons. The fourth-order valence-electron chi connectivity index (χ4n) is 5.36. The van der Waals surface area contributed by atoms with E-state index >= 15 is 0 Å². The average Bonchev–Trinajstić information content (AvgIpc) is 3.33. The Morgan fingerprint density at radius 3 is 2.67 bits per heavy atom. The molecule has 0 radical (unpaired) electrons. The number of thiophene rings is 1. The van der Waals surface area contributed by atoms with E-state index in [1.807, 2.05) is 11.9 Å². The first-order chi connectivity index (χ1) is 20.6. The summed E-state index contributed by atoms with van der Waals surface area (Å²) < 4.78 is 67.0. The number of piperidine rings is 1. The number of carbonyl (C=O) groups excluding carboxylic acids is 1. The van der Waals surface area contributed by atoms with Crippen molar-refractivity contribution in [3.63, 3.8) is 0 Å². The number of anilines is 2. The van der Waals surface area contributed by atoms with Crippen LogP contribution >= 0.6 is 11.3 Å². The normalized spacial score (nSPS) is 19.5. The van der Waals surface area contributed by atoms with Gasteiger partial charge < -0.3 is 29.9 Å². The molecule has 7 nitrogen and oxygen atoms in total. The van der Waals surface area contributed by atoms with Gasteiger partial charge in [0.1, 0.15) is 11.9 Å². The number of nitrogens with zero attached hydrogens (tertiary/aromatic N) is 2. The van der Waals surface area contributed by atoms with Crippen molar-refractivity contribution in [1.82, 2.24) is 9.80 Å². The smallest absolute Gasteiger partial charge is 0.393 e. The van der Waals surface area contributed by atoms with Crippen LogP contribution in [0.2, 0.25) is 0 Å². The minimum absolute atomic E-state index is 0.110. The van der Waals surface area contributed by atoms with Gasteiger partial charge in [-0.25, -0.2) is 4.39 Å². The molecule has 2 fully saturated rings. The highest BCUT2D eigenvalue weighted by Crippen LogP contribution is 2.39. The van der Waals surface area contributed by atoms with Gasteiger partial charge in [-0.15, -0.1) is 11.3 Å². The summed E-state index contributed by atoms with van der Waals surface area (Å²) in [6, 6.07) is 9.79. The summed E-state index contributed by atoms with van der Waals surface area (Å²) in [4.78, 5) is 16.8. The maximum atomic E-state index is 14.7. The lowest BCUT2D eigenvalue weighted by Crippen LogP contribution is -2.46. The van der Waals surface area contributed by atoms with Crippen molar-refractivity contribution in [3.05, 3.63) is 52.4 Å². The highest BCUT2D eigenvalue weighted by Gasteiger charge is 2.32. The summed E-state index contributed by atoms with van der Waals surface area (Å²) in [7, 11) is 3.36. The number of nitrogens with one attached hydrogen (secondary N) is 2. The topological polar surface area (TPSA) is 66.1 Å². The van der Waals surface area contributed by atoms with Gasteiger partial charge >= 0.3 is 6.18 Å². The second-order valence-electron chi connectivity index (χ2n) is 10.7. The summed E-state index contributed by atoms with van der Waals surface area (Å²) in [5, 5.41) is 6.86. The first-order valence-corrected chi connectivity index (χ1v) is 14.9. The van der Waals surface area contributed by atoms with Crippen molar-refractivity contribution in [2.24, 2.45) is 0 Å². The Kier molecular flexibility index (Phi) is 9.64. The molecule has 2 aliphatic rings. The van der Waals surface area contributed by atoms with Crippen LogP contribution in [0.4, 0.5) is 28.9 Å². The number of hydrogen-bond donors (Lipinski definition) is 2. The van der Waals surface area contributed by atoms with Crippen LogP contribution in [-0.4, -0.2) is 94.2 Å². The summed E-state index contributed by atoms with van der Waals surface area (Å²) in [6.45, 7) is 3.22. The lowest BCUT2D eigenvalue weighted by Gasteiger charge is -2.33. The van der Waals surface area contributed by atoms with Crippen LogP contribution in [0.15, 0.2) is 36.4 Å². The molecule has 0 spiro atoms. The number of halogens is 4. The first kappa shape index (κ1) is 30.9. The maximum absolute atomic E-state index is 14.7. The molecule has 2 aromatic carbocycles. The van der Waals surface area contributed by atoms with Crippen molar-refractivity contribution in [2.75, 3.05) is 70.7 Å². The van der Waals surface area contributed by atoms with E-state index in [9.17, 15) is 22.4 Å². The molecule has 0 unspecified atom stereocenters. The Bertz CT molecular complexity index is 1510. The van der Waals surface area contributed by atoms with Crippen molar-refractivity contribution in [2.45, 2.75) is 31.2 Å². The quantitative estimate of drug-likeness (QED) is 0.273. The minimum Gasteiger partial charge on any atom is -0.495 e. The van der Waals surface area contributed by atoms with E-state index in [0.29, 0.717) is 76.9 Å². The van der Waals surface area contributed by atoms with Gasteiger partial charge in [-0.05, 0) is 48.7 Å². The second-order valence-corrected chi connectivity index (χ2v) is 11.7. The van der Waals surface area contributed by atoms with Gasteiger partial charge in [0, 0.05) is 31.7 Å². The van der Waals surface area contributed by atoms with Gasteiger partial charge in [0.25, 0.3) is 5.91 Å². The highest BCUT2D eigenvalue weighted by molar-refractivity contribution is 7.20. The standard InChI is InChI=1S/C31H34F4N4O3S/c1-38-12-10-24(23(32)19-38)37-26-6-3-5-21-22(18-31(33,34)35)28(43-29(21)26)7-4-11-36-25-9-8-20(17-27(25)41-2)30(40)39-13-15-42-16-14-39/h3,5-6,8-9,17,23-24,36-37H,10-16,18-19H2,1-2H3/t23-,24+/m0/s1. The van der Waals surface area contributed by atoms with Gasteiger partial charge in [0.05, 0.1) is 60.3 Å². The fourth-order valence-corrected chi connectivity index (χ4v) is 6.53. The van der Waals surface area contributed by atoms with Crippen molar-refractivity contribution in [3.8, 4) is 17.6 Å². The van der Waals surface area contributed by atoms with E-state index < -0.39 is 24.8 Å². The second kappa shape index (κ2) is 13.4. The van der Waals surface area contributed by atoms with Crippen LogP contribution in [0.1, 0.15) is 27.2 Å². The third-order valence-corrected chi connectivity index (χ3v) is 8.79. The molecular weight excluding hydrogens is 584 g/mol. The Labute approximate surface area is 252 Å². The highest BCUT2D eigenvalue weighted by atomic mass is 32.1. The molecule has 2 atom stereocenters. The molecule has 2 aliphatic heterocycles. The largest absolute Gasteiger partial charge is 0.495 e. The number of fused-ring (bicyclic) bond motifs is 1. The summed E-state index contributed by atoms with van der Waals surface area (Å²) in [6.07, 6.45) is -6.02. The monoisotopic (exact) mass is 618 g/mol. The van der Waals surface area contributed by atoms with Gasteiger partial charge in [-0.1, -0.05) is 24.0 Å². The predicted molar refractivity (Wildman–Crippen MR) is 161 cm³/mol. The molecule has 0 aliphatic carbocycles. The van der Waals surface area contributed by atoms with Crippen LogP contribution in [0.3, 0.4) is 0 Å². The number of rotatable bonds is 7. The van der Waals surface area contributed by atoms with Crippen LogP contribution in [0, 0.1) is 11.8 Å². The average molecular weight is 619 g/mol. The fraction of sp³-hybridized carbons (Fsp3) is 0.452. The summed E-state index contributed by atoms with van der Waals surface area (Å²) in [5.74, 6) is 6.22. The van der Waals surface area contributed by atoms with Crippen LogP contribution in [0.5, 0.6) is 5.75 Å². The third kappa shape index (κ3) is 7.52.